The van der Waals surface area contributed by atoms with Crippen molar-refractivity contribution in [2.24, 2.45) is 0 Å². The molecule has 0 aliphatic carbocycles. The fraction of sp³-hybridized carbons (Fsp3) is 0.263. The molecule has 5 nitrogen and oxygen atoms in total. The van der Waals surface area contributed by atoms with Gasteiger partial charge in [0.1, 0.15) is 5.01 Å². The van der Waals surface area contributed by atoms with Crippen LogP contribution in [0.2, 0.25) is 0 Å². The van der Waals surface area contributed by atoms with Gasteiger partial charge in [0.25, 0.3) is 0 Å². The summed E-state index contributed by atoms with van der Waals surface area (Å²) in [5, 5.41) is 4.55. The van der Waals surface area contributed by atoms with Gasteiger partial charge in [-0.05, 0) is 36.4 Å². The Kier molecular flexibility index (Phi) is 5.23. The zero-order chi connectivity index (χ0) is 18.9. The highest BCUT2D eigenvalue weighted by molar-refractivity contribution is 7.89. The van der Waals surface area contributed by atoms with Crippen LogP contribution in [-0.4, -0.2) is 36.6 Å². The summed E-state index contributed by atoms with van der Waals surface area (Å²) in [4.78, 5) is 17.8. The lowest BCUT2D eigenvalue weighted by Crippen LogP contribution is -2.27. The molecule has 0 saturated carbocycles. The Labute approximate surface area is 166 Å². The average molecular weight is 419 g/mol. The number of rotatable bonds is 6. The van der Waals surface area contributed by atoms with Crippen molar-refractivity contribution in [1.82, 2.24) is 9.29 Å². The molecule has 0 amide bonds. The van der Waals surface area contributed by atoms with Gasteiger partial charge in [-0.3, -0.25) is 4.79 Å². The second-order valence-electron chi connectivity index (χ2n) is 6.34. The Morgan fingerprint density at radius 2 is 1.81 bits per heavy atom. The summed E-state index contributed by atoms with van der Waals surface area (Å²) in [6.45, 7) is 1.19. The van der Waals surface area contributed by atoms with Crippen molar-refractivity contribution >= 4 is 38.5 Å². The van der Waals surface area contributed by atoms with Gasteiger partial charge in [0.05, 0.1) is 21.9 Å². The van der Waals surface area contributed by atoms with E-state index in [1.807, 2.05) is 22.9 Å². The maximum absolute atomic E-state index is 12.6. The SMILES string of the molecule is O=C(Cc1nc(-c2ccc(S(=O)(=O)N3CCCC3)cc2)cs1)c1cccs1. The fourth-order valence-corrected chi connectivity index (χ4v) is 6.05. The molecule has 1 aromatic carbocycles. The molecule has 4 rings (SSSR count). The van der Waals surface area contributed by atoms with E-state index in [-0.39, 0.29) is 12.2 Å². The highest BCUT2D eigenvalue weighted by Gasteiger charge is 2.27. The predicted molar refractivity (Wildman–Crippen MR) is 108 cm³/mol. The van der Waals surface area contributed by atoms with E-state index in [4.69, 9.17) is 0 Å². The molecule has 1 aliphatic rings. The minimum Gasteiger partial charge on any atom is -0.293 e. The van der Waals surface area contributed by atoms with Crippen LogP contribution in [0.5, 0.6) is 0 Å². The van der Waals surface area contributed by atoms with Gasteiger partial charge < -0.3 is 0 Å². The minimum atomic E-state index is -3.40. The molecule has 27 heavy (non-hydrogen) atoms. The number of thiazole rings is 1. The van der Waals surface area contributed by atoms with E-state index >= 15 is 0 Å². The molecule has 0 N–H and O–H groups in total. The number of nitrogens with zero attached hydrogens (tertiary/aromatic N) is 2. The lowest BCUT2D eigenvalue weighted by molar-refractivity contribution is 0.0997. The zero-order valence-corrected chi connectivity index (χ0v) is 16.9. The first-order valence-corrected chi connectivity index (χ1v) is 11.9. The van der Waals surface area contributed by atoms with Crippen LogP contribution in [0.25, 0.3) is 11.3 Å². The first kappa shape index (κ1) is 18.5. The third-order valence-electron chi connectivity index (χ3n) is 4.51. The van der Waals surface area contributed by atoms with Crippen molar-refractivity contribution in [2.75, 3.05) is 13.1 Å². The third kappa shape index (κ3) is 3.89. The lowest BCUT2D eigenvalue weighted by atomic mass is 10.2. The van der Waals surface area contributed by atoms with Gasteiger partial charge in [-0.15, -0.1) is 22.7 Å². The Morgan fingerprint density at radius 3 is 2.48 bits per heavy atom. The van der Waals surface area contributed by atoms with Crippen LogP contribution in [-0.2, 0) is 16.4 Å². The monoisotopic (exact) mass is 418 g/mol. The number of hydrogen-bond acceptors (Lipinski definition) is 6. The second kappa shape index (κ2) is 7.63. The van der Waals surface area contributed by atoms with Crippen LogP contribution in [0.15, 0.2) is 52.1 Å². The Balaban J connectivity index is 1.49. The Morgan fingerprint density at radius 1 is 1.07 bits per heavy atom. The van der Waals surface area contributed by atoms with Gasteiger partial charge >= 0.3 is 0 Å². The van der Waals surface area contributed by atoms with E-state index in [0.717, 1.165) is 34.0 Å². The third-order valence-corrected chi connectivity index (χ3v) is 8.19. The van der Waals surface area contributed by atoms with Gasteiger partial charge in [-0.1, -0.05) is 18.2 Å². The summed E-state index contributed by atoms with van der Waals surface area (Å²) in [7, 11) is -3.40. The summed E-state index contributed by atoms with van der Waals surface area (Å²) in [5.74, 6) is 0.0676. The Bertz CT molecular complexity index is 1030. The molecule has 0 spiro atoms. The quantitative estimate of drug-likeness (QED) is 0.566. The molecule has 2 aromatic heterocycles. The molecule has 1 fully saturated rings. The van der Waals surface area contributed by atoms with Crippen LogP contribution >= 0.6 is 22.7 Å². The summed E-state index contributed by atoms with van der Waals surface area (Å²) >= 11 is 2.88. The lowest BCUT2D eigenvalue weighted by Gasteiger charge is -2.15. The smallest absolute Gasteiger partial charge is 0.243 e. The van der Waals surface area contributed by atoms with Crippen LogP contribution in [0.1, 0.15) is 27.5 Å². The van der Waals surface area contributed by atoms with Gasteiger partial charge in [0.15, 0.2) is 5.78 Å². The molecule has 1 aliphatic heterocycles. The number of aromatic nitrogens is 1. The normalized spacial score (nSPS) is 15.3. The summed E-state index contributed by atoms with van der Waals surface area (Å²) < 4.78 is 26.7. The molecule has 3 heterocycles. The van der Waals surface area contributed by atoms with Gasteiger partial charge in [-0.25, -0.2) is 13.4 Å². The van der Waals surface area contributed by atoms with Crippen molar-refractivity contribution in [3.63, 3.8) is 0 Å². The first-order valence-electron chi connectivity index (χ1n) is 8.66. The van der Waals surface area contributed by atoms with E-state index in [2.05, 4.69) is 4.98 Å². The topological polar surface area (TPSA) is 67.3 Å². The molecule has 3 aromatic rings. The maximum atomic E-state index is 12.6. The number of thiophene rings is 1. The van der Waals surface area contributed by atoms with Crippen LogP contribution in [0.3, 0.4) is 0 Å². The molecular formula is C19H18N2O3S3. The molecule has 0 unspecified atom stereocenters. The average Bonchev–Trinajstić information content (AvgIpc) is 3.43. The molecule has 140 valence electrons. The number of benzene rings is 1. The van der Waals surface area contributed by atoms with Crippen molar-refractivity contribution in [3.05, 3.63) is 57.0 Å². The fourth-order valence-electron chi connectivity index (χ4n) is 3.06. The van der Waals surface area contributed by atoms with E-state index in [1.54, 1.807) is 28.6 Å². The summed E-state index contributed by atoms with van der Waals surface area (Å²) in [6, 6.07) is 10.5. The first-order chi connectivity index (χ1) is 13.0. The number of carbonyl (C=O) groups excluding carboxylic acids is 1. The van der Waals surface area contributed by atoms with Crippen LogP contribution in [0, 0.1) is 0 Å². The molecular weight excluding hydrogens is 400 g/mol. The van der Waals surface area contributed by atoms with Crippen LogP contribution in [0.4, 0.5) is 0 Å². The molecule has 0 radical (unpaired) electrons. The highest BCUT2D eigenvalue weighted by Crippen LogP contribution is 2.26. The number of ketones is 1. The van der Waals surface area contributed by atoms with E-state index in [0.29, 0.717) is 18.0 Å². The van der Waals surface area contributed by atoms with Gasteiger partial charge in [-0.2, -0.15) is 4.31 Å². The van der Waals surface area contributed by atoms with E-state index in [9.17, 15) is 13.2 Å². The predicted octanol–water partition coefficient (Wildman–Crippen LogP) is 4.08. The Hall–Kier alpha value is -1.87. The van der Waals surface area contributed by atoms with Gasteiger partial charge in [0, 0.05) is 24.0 Å². The van der Waals surface area contributed by atoms with E-state index < -0.39 is 10.0 Å². The molecule has 1 saturated heterocycles. The molecule has 8 heteroatoms. The standard InChI is InChI=1S/C19H18N2O3S3/c22-17(18-4-3-11-25-18)12-19-20-16(13-26-19)14-5-7-15(8-6-14)27(23,24)21-9-1-2-10-21/h3-8,11,13H,1-2,9-10,12H2. The number of Topliss-reactive ketones (excluding diaryl/α,β-unsaturated/α-hetero) is 1. The second-order valence-corrected chi connectivity index (χ2v) is 10.2. The van der Waals surface area contributed by atoms with Crippen molar-refractivity contribution in [1.29, 1.82) is 0 Å². The van der Waals surface area contributed by atoms with Crippen molar-refractivity contribution < 1.29 is 13.2 Å². The largest absolute Gasteiger partial charge is 0.293 e. The minimum absolute atomic E-state index is 0.0676. The molecule has 0 bridgehead atoms. The zero-order valence-electron chi connectivity index (χ0n) is 14.5. The summed E-state index contributed by atoms with van der Waals surface area (Å²) in [6.07, 6.45) is 2.12. The number of carbonyl (C=O) groups is 1. The number of sulfonamides is 1. The summed E-state index contributed by atoms with van der Waals surface area (Å²) in [5.41, 5.74) is 1.61. The van der Waals surface area contributed by atoms with Crippen LogP contribution < -0.4 is 0 Å². The van der Waals surface area contributed by atoms with Crippen molar-refractivity contribution in [3.8, 4) is 11.3 Å². The number of hydrogen-bond donors (Lipinski definition) is 0. The highest BCUT2D eigenvalue weighted by atomic mass is 32.2. The molecule has 0 atom stereocenters. The van der Waals surface area contributed by atoms with Gasteiger partial charge in [0.2, 0.25) is 10.0 Å². The maximum Gasteiger partial charge on any atom is 0.243 e. The van der Waals surface area contributed by atoms with E-state index in [1.165, 1.54) is 22.7 Å². The van der Waals surface area contributed by atoms with Crippen molar-refractivity contribution in [2.45, 2.75) is 24.2 Å².